The van der Waals surface area contributed by atoms with Gasteiger partial charge >= 0.3 is 0 Å². The van der Waals surface area contributed by atoms with Crippen LogP contribution in [0.2, 0.25) is 5.15 Å². The zero-order chi connectivity index (χ0) is 22.2. The van der Waals surface area contributed by atoms with E-state index in [0.29, 0.717) is 23.7 Å². The molecule has 0 N–H and O–H groups in total. The van der Waals surface area contributed by atoms with Crippen molar-refractivity contribution in [2.75, 3.05) is 30.8 Å². The number of benzene rings is 1. The van der Waals surface area contributed by atoms with Crippen molar-refractivity contribution in [2.45, 2.75) is 36.6 Å². The summed E-state index contributed by atoms with van der Waals surface area (Å²) in [6, 6.07) is 4.07. The van der Waals surface area contributed by atoms with Crippen molar-refractivity contribution in [2.24, 2.45) is 5.92 Å². The predicted molar refractivity (Wildman–Crippen MR) is 115 cm³/mol. The standard InChI is InChI=1S/C21H24ClFN4O3S/c1-31(29,30)17-3-2-14(18(23)11-17)10-15-4-9-27(21(15)28)16-5-7-26(8-6-16)20-13-24-12-19(22)25-20/h2-3,11-13,15-16H,4-10H2,1H3/t15-/m1/s1. The van der Waals surface area contributed by atoms with Crippen LogP contribution in [0.1, 0.15) is 24.8 Å². The lowest BCUT2D eigenvalue weighted by Crippen LogP contribution is -2.46. The maximum Gasteiger partial charge on any atom is 0.226 e. The van der Waals surface area contributed by atoms with Crippen LogP contribution >= 0.6 is 11.6 Å². The minimum Gasteiger partial charge on any atom is -0.355 e. The highest BCUT2D eigenvalue weighted by atomic mass is 35.5. The van der Waals surface area contributed by atoms with Crippen molar-refractivity contribution in [3.8, 4) is 0 Å². The maximum atomic E-state index is 14.4. The number of hydrogen-bond donors (Lipinski definition) is 0. The van der Waals surface area contributed by atoms with Gasteiger partial charge in [0.1, 0.15) is 16.8 Å². The van der Waals surface area contributed by atoms with Gasteiger partial charge in [-0.3, -0.25) is 9.78 Å². The summed E-state index contributed by atoms with van der Waals surface area (Å²) < 4.78 is 37.6. The fourth-order valence-electron chi connectivity index (χ4n) is 4.40. The van der Waals surface area contributed by atoms with E-state index in [1.807, 2.05) is 4.90 Å². The van der Waals surface area contributed by atoms with Gasteiger partial charge < -0.3 is 9.80 Å². The van der Waals surface area contributed by atoms with E-state index in [2.05, 4.69) is 14.9 Å². The van der Waals surface area contributed by atoms with Crippen LogP contribution in [0.15, 0.2) is 35.5 Å². The monoisotopic (exact) mass is 466 g/mol. The number of likely N-dealkylation sites (tertiary alicyclic amines) is 1. The first-order valence-corrected chi connectivity index (χ1v) is 12.5. The molecule has 2 saturated heterocycles. The van der Waals surface area contributed by atoms with E-state index in [4.69, 9.17) is 11.6 Å². The Labute approximate surface area is 186 Å². The zero-order valence-corrected chi connectivity index (χ0v) is 18.7. The Kier molecular flexibility index (Phi) is 6.16. The SMILES string of the molecule is CS(=O)(=O)c1ccc(C[C@H]2CCN(C3CCN(c4cncc(Cl)n4)CC3)C2=O)c(F)c1. The molecule has 0 saturated carbocycles. The summed E-state index contributed by atoms with van der Waals surface area (Å²) in [6.45, 7) is 2.18. The lowest BCUT2D eigenvalue weighted by molar-refractivity contribution is -0.133. The molecule has 0 unspecified atom stereocenters. The Morgan fingerprint density at radius 1 is 1.16 bits per heavy atom. The van der Waals surface area contributed by atoms with Gasteiger partial charge in [-0.25, -0.2) is 17.8 Å². The van der Waals surface area contributed by atoms with Gasteiger partial charge in [0.05, 0.1) is 17.3 Å². The van der Waals surface area contributed by atoms with Crippen LogP contribution in [0.5, 0.6) is 0 Å². The molecule has 2 aliphatic rings. The molecule has 7 nitrogen and oxygen atoms in total. The number of halogens is 2. The zero-order valence-electron chi connectivity index (χ0n) is 17.2. The lowest BCUT2D eigenvalue weighted by atomic mass is 9.97. The van der Waals surface area contributed by atoms with Crippen molar-refractivity contribution < 1.29 is 17.6 Å². The van der Waals surface area contributed by atoms with Gasteiger partial charge in [-0.15, -0.1) is 0 Å². The molecule has 1 amide bonds. The minimum atomic E-state index is -3.47. The number of nitrogens with zero attached hydrogens (tertiary/aromatic N) is 4. The third-order valence-corrected chi connectivity index (χ3v) is 7.38. The highest BCUT2D eigenvalue weighted by Gasteiger charge is 2.37. The fourth-order valence-corrected chi connectivity index (χ4v) is 5.17. The van der Waals surface area contributed by atoms with Crippen LogP contribution in [0, 0.1) is 11.7 Å². The summed E-state index contributed by atoms with van der Waals surface area (Å²) in [5, 5.41) is 0.356. The van der Waals surface area contributed by atoms with E-state index in [-0.39, 0.29) is 29.2 Å². The Morgan fingerprint density at radius 3 is 2.55 bits per heavy atom. The number of carbonyl (C=O) groups excluding carboxylic acids is 1. The Balaban J connectivity index is 1.37. The van der Waals surface area contributed by atoms with E-state index in [0.717, 1.165) is 44.1 Å². The lowest BCUT2D eigenvalue weighted by Gasteiger charge is -2.37. The molecule has 166 valence electrons. The van der Waals surface area contributed by atoms with Gasteiger partial charge in [0.2, 0.25) is 5.91 Å². The van der Waals surface area contributed by atoms with Crippen LogP contribution in [0.3, 0.4) is 0 Å². The van der Waals surface area contributed by atoms with Gasteiger partial charge in [-0.1, -0.05) is 17.7 Å². The van der Waals surface area contributed by atoms with Gasteiger partial charge in [0, 0.05) is 37.8 Å². The molecule has 4 rings (SSSR count). The topological polar surface area (TPSA) is 83.5 Å². The second kappa shape index (κ2) is 8.70. The van der Waals surface area contributed by atoms with Crippen LogP contribution < -0.4 is 4.90 Å². The van der Waals surface area contributed by atoms with Crippen molar-refractivity contribution in [3.63, 3.8) is 0 Å². The number of anilines is 1. The highest BCUT2D eigenvalue weighted by molar-refractivity contribution is 7.90. The van der Waals surface area contributed by atoms with Gasteiger partial charge in [-0.05, 0) is 43.4 Å². The number of hydrogen-bond acceptors (Lipinski definition) is 6. The Morgan fingerprint density at radius 2 is 1.90 bits per heavy atom. The Hall–Kier alpha value is -2.26. The normalized spacial score (nSPS) is 20.5. The first-order valence-electron chi connectivity index (χ1n) is 10.2. The summed E-state index contributed by atoms with van der Waals surface area (Å²) in [6.07, 6.45) is 6.83. The van der Waals surface area contributed by atoms with Crippen LogP contribution in [-0.2, 0) is 21.1 Å². The molecular formula is C21H24ClFN4O3S. The van der Waals surface area contributed by atoms with Crippen LogP contribution in [0.4, 0.5) is 10.2 Å². The van der Waals surface area contributed by atoms with Gasteiger partial charge in [0.15, 0.2) is 9.84 Å². The number of carbonyl (C=O) groups is 1. The van der Waals surface area contributed by atoms with E-state index >= 15 is 0 Å². The second-order valence-corrected chi connectivity index (χ2v) is 10.6. The van der Waals surface area contributed by atoms with Crippen molar-refractivity contribution in [1.29, 1.82) is 0 Å². The summed E-state index contributed by atoms with van der Waals surface area (Å²) >= 11 is 5.93. The molecule has 1 atom stereocenters. The van der Waals surface area contributed by atoms with Crippen molar-refractivity contribution in [1.82, 2.24) is 14.9 Å². The van der Waals surface area contributed by atoms with Crippen molar-refractivity contribution >= 4 is 33.2 Å². The van der Waals surface area contributed by atoms with E-state index in [1.165, 1.54) is 18.3 Å². The average Bonchev–Trinajstić information content (AvgIpc) is 3.09. The smallest absolute Gasteiger partial charge is 0.226 e. The van der Waals surface area contributed by atoms with E-state index in [1.54, 1.807) is 6.20 Å². The summed E-state index contributed by atoms with van der Waals surface area (Å²) in [7, 11) is -3.47. The van der Waals surface area contributed by atoms with E-state index < -0.39 is 15.7 Å². The fraction of sp³-hybridized carbons (Fsp3) is 0.476. The highest BCUT2D eigenvalue weighted by Crippen LogP contribution is 2.30. The third-order valence-electron chi connectivity index (χ3n) is 6.09. The quantitative estimate of drug-likeness (QED) is 0.673. The average molecular weight is 467 g/mol. The molecule has 1 aromatic heterocycles. The molecule has 0 bridgehead atoms. The minimum absolute atomic E-state index is 0.0487. The first kappa shape index (κ1) is 22.0. The molecule has 0 aliphatic carbocycles. The molecule has 2 fully saturated rings. The van der Waals surface area contributed by atoms with Gasteiger partial charge in [0.25, 0.3) is 0 Å². The maximum absolute atomic E-state index is 14.4. The molecule has 1 aromatic carbocycles. The molecule has 2 aromatic rings. The van der Waals surface area contributed by atoms with Gasteiger partial charge in [-0.2, -0.15) is 0 Å². The summed E-state index contributed by atoms with van der Waals surface area (Å²) in [4.78, 5) is 25.4. The summed E-state index contributed by atoms with van der Waals surface area (Å²) in [5.74, 6) is -0.0716. The van der Waals surface area contributed by atoms with E-state index in [9.17, 15) is 17.6 Å². The van der Waals surface area contributed by atoms with Crippen LogP contribution in [0.25, 0.3) is 0 Å². The number of sulfone groups is 1. The number of amides is 1. The first-order chi connectivity index (χ1) is 14.7. The van der Waals surface area contributed by atoms with Crippen molar-refractivity contribution in [3.05, 3.63) is 47.1 Å². The molecule has 10 heteroatoms. The molecule has 31 heavy (non-hydrogen) atoms. The molecule has 3 heterocycles. The molecule has 0 radical (unpaired) electrons. The largest absolute Gasteiger partial charge is 0.355 e. The molecule has 0 spiro atoms. The Bertz CT molecular complexity index is 1090. The second-order valence-electron chi connectivity index (χ2n) is 8.16. The predicted octanol–water partition coefficient (Wildman–Crippen LogP) is 2.73. The number of rotatable bonds is 5. The number of aromatic nitrogens is 2. The molecule has 2 aliphatic heterocycles. The molecular weight excluding hydrogens is 443 g/mol. The van der Waals surface area contributed by atoms with Crippen LogP contribution in [-0.4, -0.2) is 61.1 Å². The summed E-state index contributed by atoms with van der Waals surface area (Å²) in [5.41, 5.74) is 0.377. The third kappa shape index (κ3) is 4.82. The number of piperidine rings is 1.